The smallest absolute Gasteiger partial charge is 0.139 e. The zero-order valence-electron chi connectivity index (χ0n) is 16.9. The van der Waals surface area contributed by atoms with Gasteiger partial charge in [-0.15, -0.1) is 0 Å². The molecule has 0 saturated heterocycles. The largest absolute Gasteiger partial charge is 0.381 e. The van der Waals surface area contributed by atoms with E-state index in [1.165, 1.54) is 12.8 Å². The summed E-state index contributed by atoms with van der Waals surface area (Å²) < 4.78 is 5.86. The van der Waals surface area contributed by atoms with Crippen molar-refractivity contribution in [1.82, 2.24) is 0 Å². The van der Waals surface area contributed by atoms with E-state index >= 15 is 0 Å². The first-order chi connectivity index (χ1) is 11.6. The Kier molecular flexibility index (Phi) is 4.28. The van der Waals surface area contributed by atoms with Crippen molar-refractivity contribution in [1.29, 1.82) is 10.5 Å². The highest BCUT2D eigenvalue weighted by molar-refractivity contribution is 5.21. The van der Waals surface area contributed by atoms with Crippen LogP contribution in [0, 0.1) is 62.1 Å². The lowest BCUT2D eigenvalue weighted by molar-refractivity contribution is -0.184. The second kappa shape index (κ2) is 5.72. The predicted octanol–water partition coefficient (Wildman–Crippen LogP) is 5.32. The Labute approximate surface area is 153 Å². The van der Waals surface area contributed by atoms with Crippen LogP contribution in [-0.4, -0.2) is 13.2 Å². The van der Waals surface area contributed by atoms with Gasteiger partial charge in [-0.05, 0) is 66.6 Å². The SMILES string of the molecule is CO[C@H]1CC[C@]2(C)[C@H]3CC[C@@](C)(C(C#N)C#N)[C@]3(C)CC[C@H]2C1(C)C. The van der Waals surface area contributed by atoms with Gasteiger partial charge in [-0.25, -0.2) is 0 Å². The number of ether oxygens (including phenoxy) is 1. The summed E-state index contributed by atoms with van der Waals surface area (Å²) in [6.07, 6.45) is 7.17. The average molecular weight is 343 g/mol. The number of methoxy groups -OCH3 is 1. The van der Waals surface area contributed by atoms with Crippen molar-refractivity contribution in [3.63, 3.8) is 0 Å². The van der Waals surface area contributed by atoms with Gasteiger partial charge in [-0.1, -0.05) is 34.6 Å². The Hall–Kier alpha value is -1.06. The minimum atomic E-state index is -0.494. The molecule has 3 rings (SSSR count). The van der Waals surface area contributed by atoms with Gasteiger partial charge >= 0.3 is 0 Å². The molecule has 0 heterocycles. The minimum absolute atomic E-state index is 0.0877. The monoisotopic (exact) mass is 342 g/mol. The molecule has 3 nitrogen and oxygen atoms in total. The van der Waals surface area contributed by atoms with Crippen LogP contribution in [-0.2, 0) is 4.74 Å². The van der Waals surface area contributed by atoms with Crippen LogP contribution in [0.5, 0.6) is 0 Å². The fraction of sp³-hybridized carbons (Fsp3) is 0.909. The van der Waals surface area contributed by atoms with E-state index in [2.05, 4.69) is 46.8 Å². The molecule has 0 aromatic heterocycles. The van der Waals surface area contributed by atoms with E-state index in [-0.39, 0.29) is 16.2 Å². The number of hydrogen-bond donors (Lipinski definition) is 0. The molecule has 0 aliphatic heterocycles. The zero-order valence-corrected chi connectivity index (χ0v) is 16.9. The molecule has 0 unspecified atom stereocenters. The second-order valence-corrected chi connectivity index (χ2v) is 10.3. The summed E-state index contributed by atoms with van der Waals surface area (Å²) in [5, 5.41) is 19.2. The summed E-state index contributed by atoms with van der Waals surface area (Å²) in [4.78, 5) is 0. The first-order valence-corrected chi connectivity index (χ1v) is 9.94. The van der Waals surface area contributed by atoms with Gasteiger partial charge in [0.1, 0.15) is 5.92 Å². The van der Waals surface area contributed by atoms with Gasteiger partial charge in [0.25, 0.3) is 0 Å². The molecule has 0 aromatic rings. The summed E-state index contributed by atoms with van der Waals surface area (Å²) in [5.74, 6) is 0.762. The van der Waals surface area contributed by atoms with Crippen LogP contribution in [0.15, 0.2) is 0 Å². The van der Waals surface area contributed by atoms with Crippen molar-refractivity contribution < 1.29 is 4.74 Å². The fourth-order valence-corrected chi connectivity index (χ4v) is 7.80. The third-order valence-corrected chi connectivity index (χ3v) is 9.42. The van der Waals surface area contributed by atoms with Gasteiger partial charge in [-0.3, -0.25) is 0 Å². The molecule has 0 aromatic carbocycles. The first-order valence-electron chi connectivity index (χ1n) is 9.94. The van der Waals surface area contributed by atoms with Crippen molar-refractivity contribution in [2.75, 3.05) is 7.11 Å². The molecule has 6 atom stereocenters. The quantitative estimate of drug-likeness (QED) is 0.682. The van der Waals surface area contributed by atoms with Crippen LogP contribution in [0.25, 0.3) is 0 Å². The summed E-state index contributed by atoms with van der Waals surface area (Å²) in [7, 11) is 1.86. The van der Waals surface area contributed by atoms with E-state index in [0.29, 0.717) is 23.4 Å². The van der Waals surface area contributed by atoms with E-state index in [9.17, 15) is 10.5 Å². The van der Waals surface area contributed by atoms with Crippen molar-refractivity contribution in [2.24, 2.45) is 39.4 Å². The number of nitrogens with zero attached hydrogens (tertiary/aromatic N) is 2. The molecular formula is C22H34N2O. The van der Waals surface area contributed by atoms with Crippen LogP contribution in [0.2, 0.25) is 0 Å². The van der Waals surface area contributed by atoms with Gasteiger partial charge in [0.2, 0.25) is 0 Å². The maximum absolute atomic E-state index is 9.61. The fourth-order valence-electron chi connectivity index (χ4n) is 7.80. The standard InChI is InChI=1S/C22H34N2O/c1-19(2)16-7-12-22(5)17(20(16,3)10-9-18(19)25-6)8-11-21(22,4)15(13-23)14-24/h15-18H,7-12H2,1-6H3/t16-,17+,18-,20-,21-,22+/m0/s1. The summed E-state index contributed by atoms with van der Waals surface area (Å²) in [6, 6.07) is 4.66. The van der Waals surface area contributed by atoms with E-state index < -0.39 is 5.92 Å². The van der Waals surface area contributed by atoms with Crippen molar-refractivity contribution in [3.05, 3.63) is 0 Å². The van der Waals surface area contributed by atoms with Crippen LogP contribution in [0.3, 0.4) is 0 Å². The highest BCUT2D eigenvalue weighted by atomic mass is 16.5. The lowest BCUT2D eigenvalue weighted by Gasteiger charge is -2.64. The molecule has 3 saturated carbocycles. The van der Waals surface area contributed by atoms with E-state index in [0.717, 1.165) is 25.7 Å². The second-order valence-electron chi connectivity index (χ2n) is 10.3. The molecule has 0 N–H and O–H groups in total. The molecule has 0 amide bonds. The zero-order chi connectivity index (χ0) is 18.7. The van der Waals surface area contributed by atoms with Crippen LogP contribution in [0.1, 0.15) is 73.1 Å². The Morgan fingerprint density at radius 2 is 1.48 bits per heavy atom. The number of nitriles is 2. The molecule has 138 valence electrons. The minimum Gasteiger partial charge on any atom is -0.381 e. The molecule has 0 radical (unpaired) electrons. The highest BCUT2D eigenvalue weighted by Crippen LogP contribution is 2.74. The molecule has 25 heavy (non-hydrogen) atoms. The van der Waals surface area contributed by atoms with Crippen molar-refractivity contribution in [2.45, 2.75) is 79.2 Å². The summed E-state index contributed by atoms with van der Waals surface area (Å²) >= 11 is 0. The Morgan fingerprint density at radius 1 is 0.880 bits per heavy atom. The lowest BCUT2D eigenvalue weighted by Crippen LogP contribution is -2.59. The van der Waals surface area contributed by atoms with Crippen LogP contribution < -0.4 is 0 Å². The summed E-state index contributed by atoms with van der Waals surface area (Å²) in [5.41, 5.74) is 0.381. The number of fused-ring (bicyclic) bond motifs is 3. The summed E-state index contributed by atoms with van der Waals surface area (Å²) in [6.45, 7) is 11.9. The maximum atomic E-state index is 9.61. The van der Waals surface area contributed by atoms with Gasteiger partial charge in [0, 0.05) is 12.5 Å². The van der Waals surface area contributed by atoms with E-state index in [1.807, 2.05) is 7.11 Å². The van der Waals surface area contributed by atoms with Gasteiger partial charge in [-0.2, -0.15) is 10.5 Å². The third kappa shape index (κ3) is 2.18. The molecule has 0 spiro atoms. The molecule has 3 fully saturated rings. The molecule has 3 aliphatic rings. The Morgan fingerprint density at radius 3 is 2.04 bits per heavy atom. The Balaban J connectivity index is 2.02. The van der Waals surface area contributed by atoms with Gasteiger partial charge in [0.15, 0.2) is 0 Å². The Bertz CT molecular complexity index is 615. The number of hydrogen-bond acceptors (Lipinski definition) is 3. The lowest BCUT2D eigenvalue weighted by atomic mass is 9.41. The van der Waals surface area contributed by atoms with Crippen LogP contribution >= 0.6 is 0 Å². The van der Waals surface area contributed by atoms with Crippen molar-refractivity contribution >= 4 is 0 Å². The van der Waals surface area contributed by atoms with Crippen molar-refractivity contribution in [3.8, 4) is 12.1 Å². The van der Waals surface area contributed by atoms with Gasteiger partial charge in [0.05, 0.1) is 18.2 Å². The molecule has 3 heteroatoms. The normalized spacial score (nSPS) is 48.3. The topological polar surface area (TPSA) is 56.8 Å². The number of rotatable bonds is 2. The molecular weight excluding hydrogens is 308 g/mol. The third-order valence-electron chi connectivity index (χ3n) is 9.42. The first kappa shape index (κ1) is 18.7. The molecule has 0 bridgehead atoms. The highest BCUT2D eigenvalue weighted by Gasteiger charge is 2.68. The van der Waals surface area contributed by atoms with Gasteiger partial charge < -0.3 is 4.74 Å². The molecule has 3 aliphatic carbocycles. The van der Waals surface area contributed by atoms with E-state index in [4.69, 9.17) is 4.74 Å². The maximum Gasteiger partial charge on any atom is 0.139 e. The van der Waals surface area contributed by atoms with Crippen LogP contribution in [0.4, 0.5) is 0 Å². The van der Waals surface area contributed by atoms with E-state index in [1.54, 1.807) is 0 Å². The predicted molar refractivity (Wildman–Crippen MR) is 98.3 cm³/mol. The average Bonchev–Trinajstić information content (AvgIpc) is 2.82.